The minimum absolute atomic E-state index is 0.112. The minimum atomic E-state index is -4.59. The van der Waals surface area contributed by atoms with E-state index in [-0.39, 0.29) is 16.4 Å². The van der Waals surface area contributed by atoms with Gasteiger partial charge >= 0.3 is 6.18 Å². The molecule has 166 valence electrons. The Kier molecular flexibility index (Phi) is 7.52. The summed E-state index contributed by atoms with van der Waals surface area (Å²) in [5.41, 5.74) is 1.23. The predicted molar refractivity (Wildman–Crippen MR) is 108 cm³/mol. The number of sulfonamides is 1. The van der Waals surface area contributed by atoms with E-state index in [9.17, 15) is 31.2 Å². The van der Waals surface area contributed by atoms with Gasteiger partial charge in [-0.1, -0.05) is 18.2 Å². The van der Waals surface area contributed by atoms with Gasteiger partial charge in [-0.15, -0.1) is 0 Å². The molecule has 0 aliphatic heterocycles. The van der Waals surface area contributed by atoms with Gasteiger partial charge in [0.15, 0.2) is 0 Å². The average molecular weight is 456 g/mol. The average Bonchev–Trinajstić information content (AvgIpc) is 2.67. The summed E-state index contributed by atoms with van der Waals surface area (Å²) in [5.74, 6) is -1.16. The minimum Gasteiger partial charge on any atom is -0.326 e. The lowest BCUT2D eigenvalue weighted by Gasteiger charge is -2.16. The lowest BCUT2D eigenvalue weighted by molar-refractivity contribution is -0.137. The highest BCUT2D eigenvalue weighted by Gasteiger charge is 2.32. The van der Waals surface area contributed by atoms with Crippen LogP contribution < -0.4 is 10.7 Å². The van der Waals surface area contributed by atoms with Crippen LogP contribution in [-0.4, -0.2) is 44.3 Å². The molecule has 31 heavy (non-hydrogen) atoms. The number of carbonyl (C=O) groups excluding carboxylic acids is 2. The van der Waals surface area contributed by atoms with Crippen LogP contribution in [0, 0.1) is 0 Å². The summed E-state index contributed by atoms with van der Waals surface area (Å²) in [5, 5.41) is 5.97. The van der Waals surface area contributed by atoms with Crippen molar-refractivity contribution in [1.82, 2.24) is 9.73 Å². The highest BCUT2D eigenvalue weighted by molar-refractivity contribution is 7.89. The molecule has 0 heterocycles. The van der Waals surface area contributed by atoms with Crippen LogP contribution >= 0.6 is 0 Å². The number of hydrogen-bond donors (Lipinski definition) is 2. The standard InChI is InChI=1S/C19H19F3N4O4S/c1-13(27)24-15-7-9-16(10-8-15)31(29,30)26(2)12-18(28)25-23-11-14-5-3-4-6-17(14)19(20,21)22/h3-11H,12H2,1-2H3,(H,24,27)(H,25,28)/b23-11-. The van der Waals surface area contributed by atoms with Crippen molar-refractivity contribution in [2.24, 2.45) is 5.10 Å². The van der Waals surface area contributed by atoms with E-state index in [0.29, 0.717) is 5.69 Å². The van der Waals surface area contributed by atoms with E-state index in [1.54, 1.807) is 0 Å². The molecule has 0 saturated heterocycles. The molecular weight excluding hydrogens is 437 g/mol. The van der Waals surface area contributed by atoms with Gasteiger partial charge < -0.3 is 5.32 Å². The van der Waals surface area contributed by atoms with E-state index in [0.717, 1.165) is 16.6 Å². The van der Waals surface area contributed by atoms with Gasteiger partial charge in [-0.2, -0.15) is 22.6 Å². The van der Waals surface area contributed by atoms with Crippen molar-refractivity contribution >= 4 is 33.7 Å². The summed E-state index contributed by atoms with van der Waals surface area (Å²) in [7, 11) is -2.86. The van der Waals surface area contributed by atoms with E-state index < -0.39 is 34.2 Å². The monoisotopic (exact) mass is 456 g/mol. The first-order valence-corrected chi connectivity index (χ1v) is 10.2. The first-order chi connectivity index (χ1) is 14.4. The zero-order valence-electron chi connectivity index (χ0n) is 16.5. The lowest BCUT2D eigenvalue weighted by atomic mass is 10.1. The molecule has 2 aromatic carbocycles. The highest BCUT2D eigenvalue weighted by Crippen LogP contribution is 2.31. The second-order valence-electron chi connectivity index (χ2n) is 6.34. The second-order valence-corrected chi connectivity index (χ2v) is 8.39. The van der Waals surface area contributed by atoms with Crippen LogP contribution in [0.5, 0.6) is 0 Å². The molecule has 0 aliphatic rings. The summed E-state index contributed by atoms with van der Waals surface area (Å²) < 4.78 is 64.7. The fourth-order valence-electron chi connectivity index (χ4n) is 2.46. The lowest BCUT2D eigenvalue weighted by Crippen LogP contribution is -2.36. The molecule has 0 aliphatic carbocycles. The van der Waals surface area contributed by atoms with Gasteiger partial charge in [0.2, 0.25) is 15.9 Å². The van der Waals surface area contributed by atoms with Crippen molar-refractivity contribution in [2.45, 2.75) is 18.0 Å². The Hall–Kier alpha value is -3.25. The second kappa shape index (κ2) is 9.71. The van der Waals surface area contributed by atoms with E-state index >= 15 is 0 Å². The van der Waals surface area contributed by atoms with Crippen LogP contribution in [0.2, 0.25) is 0 Å². The molecule has 0 atom stereocenters. The van der Waals surface area contributed by atoms with Crippen molar-refractivity contribution in [2.75, 3.05) is 18.9 Å². The molecule has 0 bridgehead atoms. The molecule has 2 N–H and O–H groups in total. The Morgan fingerprint density at radius 2 is 1.71 bits per heavy atom. The van der Waals surface area contributed by atoms with Crippen LogP contribution in [0.15, 0.2) is 58.5 Å². The van der Waals surface area contributed by atoms with Crippen molar-refractivity contribution in [3.63, 3.8) is 0 Å². The summed E-state index contributed by atoms with van der Waals surface area (Å²) in [6, 6.07) is 9.98. The number of rotatable bonds is 7. The molecule has 0 radical (unpaired) electrons. The Bertz CT molecular complexity index is 1080. The number of carbonyl (C=O) groups is 2. The maximum absolute atomic E-state index is 12.9. The number of halogens is 3. The zero-order valence-corrected chi connectivity index (χ0v) is 17.3. The maximum atomic E-state index is 12.9. The van der Waals surface area contributed by atoms with Gasteiger partial charge in [-0.05, 0) is 30.3 Å². The maximum Gasteiger partial charge on any atom is 0.417 e. The summed E-state index contributed by atoms with van der Waals surface area (Å²) >= 11 is 0. The number of amides is 2. The molecule has 0 spiro atoms. The molecule has 0 aromatic heterocycles. The Balaban J connectivity index is 2.02. The molecule has 2 aromatic rings. The van der Waals surface area contributed by atoms with Crippen LogP contribution in [0.4, 0.5) is 18.9 Å². The highest BCUT2D eigenvalue weighted by atomic mass is 32.2. The number of likely N-dealkylation sites (N-methyl/N-ethyl adjacent to an activating group) is 1. The number of nitrogens with zero attached hydrogens (tertiary/aromatic N) is 2. The first kappa shape index (κ1) is 24.0. The van der Waals surface area contributed by atoms with Gasteiger partial charge in [0.1, 0.15) is 0 Å². The summed E-state index contributed by atoms with van der Waals surface area (Å²) in [4.78, 5) is 22.9. The molecular formula is C19H19F3N4O4S. The van der Waals surface area contributed by atoms with Crippen molar-refractivity contribution in [1.29, 1.82) is 0 Å². The van der Waals surface area contributed by atoms with Crippen LogP contribution in [-0.2, 0) is 25.8 Å². The van der Waals surface area contributed by atoms with Crippen LogP contribution in [0.1, 0.15) is 18.1 Å². The van der Waals surface area contributed by atoms with Gasteiger partial charge in [0, 0.05) is 25.2 Å². The van der Waals surface area contributed by atoms with E-state index in [2.05, 4.69) is 10.4 Å². The normalized spacial score (nSPS) is 12.2. The van der Waals surface area contributed by atoms with E-state index in [1.165, 1.54) is 56.4 Å². The van der Waals surface area contributed by atoms with Gasteiger partial charge in [-0.25, -0.2) is 13.8 Å². The third-order valence-electron chi connectivity index (χ3n) is 3.91. The van der Waals surface area contributed by atoms with Gasteiger partial charge in [-0.3, -0.25) is 9.59 Å². The predicted octanol–water partition coefficient (Wildman–Crippen LogP) is 2.43. The molecule has 2 amide bonds. The largest absolute Gasteiger partial charge is 0.417 e. The van der Waals surface area contributed by atoms with Crippen LogP contribution in [0.3, 0.4) is 0 Å². The number of benzene rings is 2. The summed E-state index contributed by atoms with van der Waals surface area (Å²) in [6.07, 6.45) is -3.76. The van der Waals surface area contributed by atoms with E-state index in [1.807, 2.05) is 5.43 Å². The van der Waals surface area contributed by atoms with Crippen LogP contribution in [0.25, 0.3) is 0 Å². The van der Waals surface area contributed by atoms with Gasteiger partial charge in [0.25, 0.3) is 5.91 Å². The third-order valence-corrected chi connectivity index (χ3v) is 5.73. The molecule has 8 nitrogen and oxygen atoms in total. The quantitative estimate of drug-likeness (QED) is 0.493. The first-order valence-electron chi connectivity index (χ1n) is 8.73. The molecule has 2 rings (SSSR count). The Labute approximate surface area is 176 Å². The molecule has 12 heteroatoms. The fourth-order valence-corrected chi connectivity index (χ4v) is 3.58. The topological polar surface area (TPSA) is 108 Å². The smallest absolute Gasteiger partial charge is 0.326 e. The zero-order chi connectivity index (χ0) is 23.2. The van der Waals surface area contributed by atoms with Crippen molar-refractivity contribution in [3.05, 3.63) is 59.7 Å². The third kappa shape index (κ3) is 6.62. The Morgan fingerprint density at radius 3 is 2.29 bits per heavy atom. The molecule has 0 saturated carbocycles. The Morgan fingerprint density at radius 1 is 1.10 bits per heavy atom. The van der Waals surface area contributed by atoms with Crippen molar-refractivity contribution < 1.29 is 31.2 Å². The number of anilines is 1. The molecule has 0 unspecified atom stereocenters. The fraction of sp³-hybridized carbons (Fsp3) is 0.211. The number of hydrogen-bond acceptors (Lipinski definition) is 5. The number of nitrogens with one attached hydrogen (secondary N) is 2. The van der Waals surface area contributed by atoms with E-state index in [4.69, 9.17) is 0 Å². The summed E-state index contributed by atoms with van der Waals surface area (Å²) in [6.45, 7) is 0.690. The number of alkyl halides is 3. The van der Waals surface area contributed by atoms with Gasteiger partial charge in [0.05, 0.1) is 23.2 Å². The van der Waals surface area contributed by atoms with Crippen molar-refractivity contribution in [3.8, 4) is 0 Å². The number of hydrazone groups is 1. The molecule has 0 fully saturated rings. The SMILES string of the molecule is CC(=O)Nc1ccc(S(=O)(=O)N(C)CC(=O)N/N=C\c2ccccc2C(F)(F)F)cc1.